The molecule has 0 bridgehead atoms. The predicted molar refractivity (Wildman–Crippen MR) is 164 cm³/mol. The lowest BCUT2D eigenvalue weighted by Crippen LogP contribution is -1.93. The van der Waals surface area contributed by atoms with E-state index in [-0.39, 0.29) is 0 Å². The second-order valence-corrected chi connectivity index (χ2v) is 10.5. The maximum absolute atomic E-state index is 10.4. The highest BCUT2D eigenvalue weighted by atomic mass is 16.4. The van der Waals surface area contributed by atoms with Gasteiger partial charge in [0.2, 0.25) is 0 Å². The third-order valence-electron chi connectivity index (χ3n) is 5.99. The second-order valence-electron chi connectivity index (χ2n) is 10.5. The molecule has 0 fully saturated rings. The lowest BCUT2D eigenvalue weighted by molar-refractivity contribution is -0.137. The number of carboxylic acids is 4. The monoisotopic (exact) mass is 576 g/mol. The van der Waals surface area contributed by atoms with Crippen LogP contribution in [0.25, 0.3) is 0 Å². The Balaban J connectivity index is -0.000000450. The van der Waals surface area contributed by atoms with Crippen LogP contribution in [0.5, 0.6) is 0 Å². The molecule has 0 aromatic carbocycles. The first-order valence-electron chi connectivity index (χ1n) is 15.8. The SMILES string of the molecule is CC(=O)O.CC(=O)O.CC(=O)O.CCCCCCCCCCCCCCCCCCCCCCCCCC(=O)O. The van der Waals surface area contributed by atoms with E-state index >= 15 is 0 Å². The Labute approximate surface area is 245 Å². The van der Waals surface area contributed by atoms with Gasteiger partial charge in [0.1, 0.15) is 0 Å². The maximum atomic E-state index is 10.4. The molecular weight excluding hydrogens is 512 g/mol. The van der Waals surface area contributed by atoms with Crippen LogP contribution in [0.1, 0.15) is 182 Å². The highest BCUT2D eigenvalue weighted by Crippen LogP contribution is 2.15. The van der Waals surface area contributed by atoms with Gasteiger partial charge in [-0.25, -0.2) is 0 Å². The Kier molecular flexibility index (Phi) is 46.4. The summed E-state index contributed by atoms with van der Waals surface area (Å²) in [6.07, 6.45) is 32.0. The molecular formula is C32H64O8. The zero-order chi connectivity index (χ0) is 31.3. The second kappa shape index (κ2) is 41.4. The van der Waals surface area contributed by atoms with E-state index in [1.54, 1.807) is 0 Å². The normalized spacial score (nSPS) is 9.70. The van der Waals surface area contributed by atoms with Crippen molar-refractivity contribution in [1.82, 2.24) is 0 Å². The topological polar surface area (TPSA) is 149 Å². The van der Waals surface area contributed by atoms with Crippen molar-refractivity contribution in [1.29, 1.82) is 0 Å². The van der Waals surface area contributed by atoms with Crippen LogP contribution in [-0.2, 0) is 19.2 Å². The minimum atomic E-state index is -0.833. The molecule has 40 heavy (non-hydrogen) atoms. The van der Waals surface area contributed by atoms with Crippen molar-refractivity contribution in [3.8, 4) is 0 Å². The first-order valence-corrected chi connectivity index (χ1v) is 15.8. The number of rotatable bonds is 24. The van der Waals surface area contributed by atoms with Crippen LogP contribution >= 0.6 is 0 Å². The summed E-state index contributed by atoms with van der Waals surface area (Å²) in [5.41, 5.74) is 0. The van der Waals surface area contributed by atoms with Gasteiger partial charge in [-0.1, -0.05) is 148 Å². The van der Waals surface area contributed by atoms with Gasteiger partial charge in [-0.15, -0.1) is 0 Å². The first kappa shape index (κ1) is 44.9. The highest BCUT2D eigenvalue weighted by Gasteiger charge is 1.97. The highest BCUT2D eigenvalue weighted by molar-refractivity contribution is 5.66. The summed E-state index contributed by atoms with van der Waals surface area (Å²) in [7, 11) is 0. The fourth-order valence-corrected chi connectivity index (χ4v) is 4.06. The van der Waals surface area contributed by atoms with E-state index in [4.69, 9.17) is 34.8 Å². The van der Waals surface area contributed by atoms with E-state index in [9.17, 15) is 4.79 Å². The largest absolute Gasteiger partial charge is 0.481 e. The van der Waals surface area contributed by atoms with Crippen LogP contribution < -0.4 is 0 Å². The molecule has 0 aromatic heterocycles. The summed E-state index contributed by atoms with van der Waals surface area (Å²) in [4.78, 5) is 37.4. The van der Waals surface area contributed by atoms with Crippen molar-refractivity contribution >= 4 is 23.9 Å². The molecule has 0 amide bonds. The van der Waals surface area contributed by atoms with E-state index in [0.29, 0.717) is 6.42 Å². The van der Waals surface area contributed by atoms with Crippen LogP contribution in [-0.4, -0.2) is 44.3 Å². The number of aliphatic carboxylic acids is 4. The van der Waals surface area contributed by atoms with Gasteiger partial charge >= 0.3 is 5.97 Å². The zero-order valence-corrected chi connectivity index (χ0v) is 26.4. The molecule has 4 N–H and O–H groups in total. The number of unbranched alkanes of at least 4 members (excludes halogenated alkanes) is 22. The fraction of sp³-hybridized carbons (Fsp3) is 0.875. The van der Waals surface area contributed by atoms with Crippen LogP contribution in [0.15, 0.2) is 0 Å². The Morgan fingerprint density at radius 2 is 0.500 bits per heavy atom. The Morgan fingerprint density at radius 1 is 0.350 bits per heavy atom. The van der Waals surface area contributed by atoms with Crippen molar-refractivity contribution in [2.45, 2.75) is 182 Å². The van der Waals surface area contributed by atoms with E-state index in [2.05, 4.69) is 6.92 Å². The minimum absolute atomic E-state index is 0.346. The molecule has 0 radical (unpaired) electrons. The van der Waals surface area contributed by atoms with Gasteiger partial charge in [0.05, 0.1) is 0 Å². The molecule has 0 aliphatic carbocycles. The molecule has 0 heterocycles. The molecule has 0 spiro atoms. The molecule has 8 nitrogen and oxygen atoms in total. The smallest absolute Gasteiger partial charge is 0.303 e. The molecule has 0 aliphatic heterocycles. The summed E-state index contributed by atoms with van der Waals surface area (Å²) < 4.78 is 0. The van der Waals surface area contributed by atoms with Gasteiger partial charge < -0.3 is 20.4 Å². The average molecular weight is 577 g/mol. The van der Waals surface area contributed by atoms with Crippen molar-refractivity contribution in [2.75, 3.05) is 0 Å². The lowest BCUT2D eigenvalue weighted by atomic mass is 10.0. The average Bonchev–Trinajstić information content (AvgIpc) is 2.83. The summed E-state index contributed by atoms with van der Waals surface area (Å²) in [6.45, 7) is 5.54. The van der Waals surface area contributed by atoms with Gasteiger partial charge in [-0.2, -0.15) is 0 Å². The molecule has 240 valence electrons. The third-order valence-corrected chi connectivity index (χ3v) is 5.99. The van der Waals surface area contributed by atoms with Crippen LogP contribution in [0.3, 0.4) is 0 Å². The van der Waals surface area contributed by atoms with Gasteiger partial charge in [-0.05, 0) is 6.42 Å². The van der Waals surface area contributed by atoms with Crippen molar-refractivity contribution in [2.24, 2.45) is 0 Å². The Morgan fingerprint density at radius 3 is 0.650 bits per heavy atom. The number of carboxylic acid groups (broad SMARTS) is 4. The summed E-state index contributed by atoms with van der Waals surface area (Å²) in [6, 6.07) is 0. The quantitative estimate of drug-likeness (QED) is 0.0829. The molecule has 0 aromatic rings. The summed E-state index contributed by atoms with van der Waals surface area (Å²) >= 11 is 0. The van der Waals surface area contributed by atoms with Crippen LogP contribution in [0.2, 0.25) is 0 Å². The van der Waals surface area contributed by atoms with Gasteiger partial charge in [0, 0.05) is 27.2 Å². The maximum Gasteiger partial charge on any atom is 0.303 e. The number of hydrogen-bond donors (Lipinski definition) is 4. The molecule has 0 unspecified atom stereocenters. The lowest BCUT2D eigenvalue weighted by Gasteiger charge is -2.04. The Hall–Kier alpha value is -2.12. The third kappa shape index (κ3) is 83.4. The van der Waals surface area contributed by atoms with Gasteiger partial charge in [0.25, 0.3) is 17.9 Å². The first-order chi connectivity index (χ1) is 19.0. The zero-order valence-electron chi connectivity index (χ0n) is 26.4. The van der Waals surface area contributed by atoms with Crippen molar-refractivity contribution < 1.29 is 39.6 Å². The van der Waals surface area contributed by atoms with Crippen LogP contribution in [0.4, 0.5) is 0 Å². The van der Waals surface area contributed by atoms with Crippen molar-refractivity contribution in [3.05, 3.63) is 0 Å². The minimum Gasteiger partial charge on any atom is -0.481 e. The molecule has 0 rings (SSSR count). The standard InChI is InChI=1S/C26H52O2.3C2H4O2/c1-2-3-4-5-6-7-8-9-10-11-12-13-14-15-16-17-18-19-20-21-22-23-24-25-26(27)28;3*1-2(3)4/h2-25H2,1H3,(H,27,28);3*1H3,(H,3,4). The fourth-order valence-electron chi connectivity index (χ4n) is 4.06. The molecule has 0 aliphatic rings. The summed E-state index contributed by atoms with van der Waals surface area (Å²) in [5.74, 6) is -3.15. The van der Waals surface area contributed by atoms with E-state index in [0.717, 1.165) is 33.6 Å². The number of hydrogen-bond acceptors (Lipinski definition) is 4. The Bertz CT molecular complexity index is 509. The predicted octanol–water partition coefficient (Wildman–Crippen LogP) is 9.73. The molecule has 0 saturated heterocycles. The molecule has 0 atom stereocenters. The van der Waals surface area contributed by atoms with E-state index in [1.165, 1.54) is 135 Å². The van der Waals surface area contributed by atoms with Crippen LogP contribution in [0, 0.1) is 0 Å². The van der Waals surface area contributed by atoms with Gasteiger partial charge in [0.15, 0.2) is 0 Å². The summed E-state index contributed by atoms with van der Waals surface area (Å²) in [5, 5.41) is 30.8. The molecule has 8 heteroatoms. The number of carbonyl (C=O) groups is 4. The molecule has 0 saturated carbocycles. The van der Waals surface area contributed by atoms with Gasteiger partial charge in [-0.3, -0.25) is 19.2 Å². The van der Waals surface area contributed by atoms with E-state index in [1.807, 2.05) is 0 Å². The van der Waals surface area contributed by atoms with Crippen molar-refractivity contribution in [3.63, 3.8) is 0 Å². The van der Waals surface area contributed by atoms with E-state index < -0.39 is 23.9 Å².